The highest BCUT2D eigenvalue weighted by atomic mass is 19.1. The van der Waals surface area contributed by atoms with Crippen LogP contribution in [0.1, 0.15) is 18.9 Å². The highest BCUT2D eigenvalue weighted by Gasteiger charge is 2.18. The predicted molar refractivity (Wildman–Crippen MR) is 96.5 cm³/mol. The monoisotopic (exact) mass is 353 g/mol. The summed E-state index contributed by atoms with van der Waals surface area (Å²) in [5.41, 5.74) is 1.92. The molecular weight excluding hydrogens is 333 g/mol. The average Bonchev–Trinajstić information content (AvgIpc) is 3.20. The van der Waals surface area contributed by atoms with Crippen molar-refractivity contribution in [2.24, 2.45) is 0 Å². The van der Waals surface area contributed by atoms with Crippen LogP contribution >= 0.6 is 0 Å². The standard InChI is InChI=1S/C20H20FN3O2/c1-2-19(26-17-9-7-16(21)8-10-17)20(25)23-13-15-5-3-4-6-18(15)24-12-11-22-14-24/h3-12,14,19H,2,13H2,1H3,(H,23,25)/t19-/m0/s1. The molecule has 0 saturated heterocycles. The van der Waals surface area contributed by atoms with Crippen molar-refractivity contribution in [3.63, 3.8) is 0 Å². The van der Waals surface area contributed by atoms with Crippen molar-refractivity contribution in [2.75, 3.05) is 0 Å². The third-order valence-electron chi connectivity index (χ3n) is 3.98. The first kappa shape index (κ1) is 17.7. The van der Waals surface area contributed by atoms with Crippen LogP contribution in [0.3, 0.4) is 0 Å². The van der Waals surface area contributed by atoms with Crippen LogP contribution in [-0.2, 0) is 11.3 Å². The van der Waals surface area contributed by atoms with Gasteiger partial charge in [-0.05, 0) is 42.3 Å². The van der Waals surface area contributed by atoms with Crippen LogP contribution in [0.15, 0.2) is 67.3 Å². The fourth-order valence-electron chi connectivity index (χ4n) is 2.61. The van der Waals surface area contributed by atoms with E-state index in [-0.39, 0.29) is 11.7 Å². The molecule has 26 heavy (non-hydrogen) atoms. The van der Waals surface area contributed by atoms with Gasteiger partial charge in [0.2, 0.25) is 0 Å². The van der Waals surface area contributed by atoms with E-state index in [9.17, 15) is 9.18 Å². The van der Waals surface area contributed by atoms with Crippen molar-refractivity contribution >= 4 is 5.91 Å². The number of hydrogen-bond acceptors (Lipinski definition) is 3. The number of para-hydroxylation sites is 1. The second kappa shape index (κ2) is 8.29. The minimum atomic E-state index is -0.638. The molecule has 1 heterocycles. The molecule has 0 unspecified atom stereocenters. The number of rotatable bonds is 7. The second-order valence-electron chi connectivity index (χ2n) is 5.79. The molecule has 0 aliphatic rings. The third kappa shape index (κ3) is 4.27. The lowest BCUT2D eigenvalue weighted by molar-refractivity contribution is -0.128. The molecule has 0 spiro atoms. The normalized spacial score (nSPS) is 11.8. The van der Waals surface area contributed by atoms with E-state index in [0.29, 0.717) is 18.7 Å². The van der Waals surface area contributed by atoms with Gasteiger partial charge in [-0.1, -0.05) is 25.1 Å². The van der Waals surface area contributed by atoms with Gasteiger partial charge in [0, 0.05) is 18.9 Å². The highest BCUT2D eigenvalue weighted by molar-refractivity contribution is 5.81. The summed E-state index contributed by atoms with van der Waals surface area (Å²) in [5.74, 6) is -0.0876. The van der Waals surface area contributed by atoms with E-state index in [0.717, 1.165) is 11.3 Å². The summed E-state index contributed by atoms with van der Waals surface area (Å²) in [4.78, 5) is 16.5. The Balaban J connectivity index is 1.65. The number of halogens is 1. The molecule has 0 bridgehead atoms. The van der Waals surface area contributed by atoms with E-state index >= 15 is 0 Å². The number of hydrogen-bond donors (Lipinski definition) is 1. The van der Waals surface area contributed by atoms with Crippen LogP contribution in [0.4, 0.5) is 4.39 Å². The molecule has 6 heteroatoms. The average molecular weight is 353 g/mol. The van der Waals surface area contributed by atoms with Crippen molar-refractivity contribution in [3.8, 4) is 11.4 Å². The lowest BCUT2D eigenvalue weighted by Gasteiger charge is -2.18. The fraction of sp³-hybridized carbons (Fsp3) is 0.200. The number of benzene rings is 2. The number of carbonyl (C=O) groups is 1. The Hall–Kier alpha value is -3.15. The quantitative estimate of drug-likeness (QED) is 0.707. The summed E-state index contributed by atoms with van der Waals surface area (Å²) in [5, 5.41) is 2.91. The maximum Gasteiger partial charge on any atom is 0.261 e. The zero-order chi connectivity index (χ0) is 18.4. The van der Waals surface area contributed by atoms with Gasteiger partial charge in [-0.2, -0.15) is 0 Å². The van der Waals surface area contributed by atoms with Gasteiger partial charge in [0.15, 0.2) is 6.10 Å². The Morgan fingerprint density at radius 3 is 2.69 bits per heavy atom. The molecule has 0 saturated carbocycles. The van der Waals surface area contributed by atoms with Gasteiger partial charge in [-0.3, -0.25) is 4.79 Å². The molecule has 1 N–H and O–H groups in total. The van der Waals surface area contributed by atoms with Crippen LogP contribution in [-0.4, -0.2) is 21.6 Å². The van der Waals surface area contributed by atoms with Crippen molar-refractivity contribution in [2.45, 2.75) is 26.0 Å². The summed E-state index contributed by atoms with van der Waals surface area (Å²) in [6, 6.07) is 13.4. The topological polar surface area (TPSA) is 56.1 Å². The van der Waals surface area contributed by atoms with E-state index in [1.807, 2.05) is 42.0 Å². The lowest BCUT2D eigenvalue weighted by Crippen LogP contribution is -2.37. The summed E-state index contributed by atoms with van der Waals surface area (Å²) >= 11 is 0. The first-order valence-electron chi connectivity index (χ1n) is 8.43. The van der Waals surface area contributed by atoms with Crippen molar-refractivity contribution < 1.29 is 13.9 Å². The van der Waals surface area contributed by atoms with Crippen molar-refractivity contribution in [3.05, 3.63) is 78.6 Å². The largest absolute Gasteiger partial charge is 0.481 e. The summed E-state index contributed by atoms with van der Waals surface area (Å²) < 4.78 is 20.6. The minimum absolute atomic E-state index is 0.211. The lowest BCUT2D eigenvalue weighted by atomic mass is 10.1. The number of amides is 1. The summed E-state index contributed by atoms with van der Waals surface area (Å²) in [6.45, 7) is 2.24. The maximum atomic E-state index is 13.0. The van der Waals surface area contributed by atoms with E-state index in [1.165, 1.54) is 24.3 Å². The SMILES string of the molecule is CC[C@H](Oc1ccc(F)cc1)C(=O)NCc1ccccc1-n1ccnc1. The Bertz CT molecular complexity index is 848. The van der Waals surface area contributed by atoms with E-state index in [4.69, 9.17) is 4.74 Å². The molecule has 3 rings (SSSR count). The molecule has 0 fully saturated rings. The van der Waals surface area contributed by atoms with Gasteiger partial charge in [0.05, 0.1) is 12.0 Å². The molecule has 3 aromatic rings. The van der Waals surface area contributed by atoms with Crippen LogP contribution in [0.5, 0.6) is 5.75 Å². The van der Waals surface area contributed by atoms with Gasteiger partial charge in [-0.15, -0.1) is 0 Å². The number of nitrogens with one attached hydrogen (secondary N) is 1. The van der Waals surface area contributed by atoms with E-state index < -0.39 is 6.10 Å². The molecule has 134 valence electrons. The van der Waals surface area contributed by atoms with Gasteiger partial charge in [0.1, 0.15) is 11.6 Å². The first-order valence-corrected chi connectivity index (χ1v) is 8.43. The van der Waals surface area contributed by atoms with Crippen LogP contribution in [0.2, 0.25) is 0 Å². The minimum Gasteiger partial charge on any atom is -0.481 e. The van der Waals surface area contributed by atoms with Crippen molar-refractivity contribution in [1.82, 2.24) is 14.9 Å². The Morgan fingerprint density at radius 1 is 1.23 bits per heavy atom. The number of nitrogens with zero attached hydrogens (tertiary/aromatic N) is 2. The molecule has 2 aromatic carbocycles. The molecular formula is C20H20FN3O2. The molecule has 0 radical (unpaired) electrons. The van der Waals surface area contributed by atoms with E-state index in [1.54, 1.807) is 12.5 Å². The zero-order valence-electron chi connectivity index (χ0n) is 14.4. The molecule has 1 atom stereocenters. The van der Waals surface area contributed by atoms with Crippen LogP contribution < -0.4 is 10.1 Å². The first-order chi connectivity index (χ1) is 12.7. The van der Waals surface area contributed by atoms with Gasteiger partial charge < -0.3 is 14.6 Å². The molecule has 0 aliphatic carbocycles. The van der Waals surface area contributed by atoms with E-state index in [2.05, 4.69) is 10.3 Å². The number of ether oxygens (including phenoxy) is 1. The smallest absolute Gasteiger partial charge is 0.261 e. The predicted octanol–water partition coefficient (Wildman–Crippen LogP) is 3.49. The Kier molecular flexibility index (Phi) is 5.63. The number of imidazole rings is 1. The second-order valence-corrected chi connectivity index (χ2v) is 5.79. The van der Waals surface area contributed by atoms with Crippen LogP contribution in [0.25, 0.3) is 5.69 Å². The molecule has 5 nitrogen and oxygen atoms in total. The molecule has 1 aromatic heterocycles. The van der Waals surface area contributed by atoms with Gasteiger partial charge in [0.25, 0.3) is 5.91 Å². The maximum absolute atomic E-state index is 13.0. The van der Waals surface area contributed by atoms with Gasteiger partial charge >= 0.3 is 0 Å². The molecule has 1 amide bonds. The number of carbonyl (C=O) groups excluding carboxylic acids is 1. The zero-order valence-corrected chi connectivity index (χ0v) is 14.4. The Labute approximate surface area is 151 Å². The number of aromatic nitrogens is 2. The van der Waals surface area contributed by atoms with Crippen molar-refractivity contribution in [1.29, 1.82) is 0 Å². The molecule has 0 aliphatic heterocycles. The fourth-order valence-corrected chi connectivity index (χ4v) is 2.61. The highest BCUT2D eigenvalue weighted by Crippen LogP contribution is 2.16. The van der Waals surface area contributed by atoms with Crippen LogP contribution in [0, 0.1) is 5.82 Å². The summed E-state index contributed by atoms with van der Waals surface area (Å²) in [6.07, 6.45) is 5.15. The van der Waals surface area contributed by atoms with Gasteiger partial charge in [-0.25, -0.2) is 9.37 Å². The summed E-state index contributed by atoms with van der Waals surface area (Å²) in [7, 11) is 0. The third-order valence-corrected chi connectivity index (χ3v) is 3.98. The Morgan fingerprint density at radius 2 is 2.00 bits per heavy atom.